The summed E-state index contributed by atoms with van der Waals surface area (Å²) in [6, 6.07) is 3.96. The summed E-state index contributed by atoms with van der Waals surface area (Å²) in [5.74, 6) is 3.21. The minimum atomic E-state index is -0.159. The second kappa shape index (κ2) is 7.64. The first-order chi connectivity index (χ1) is 12.3. The number of likely N-dealkylation sites (tertiary alicyclic amines) is 1. The summed E-state index contributed by atoms with van der Waals surface area (Å²) in [5.41, 5.74) is 0.935. The number of carbonyl (C=O) groups excluding carboxylic acids is 1. The quantitative estimate of drug-likeness (QED) is 0.805. The van der Waals surface area contributed by atoms with Gasteiger partial charge >= 0.3 is 0 Å². The van der Waals surface area contributed by atoms with Crippen LogP contribution in [0.15, 0.2) is 24.5 Å². The zero-order valence-electron chi connectivity index (χ0n) is 14.6. The zero-order valence-corrected chi connectivity index (χ0v) is 15.4. The van der Waals surface area contributed by atoms with E-state index in [-0.39, 0.29) is 11.5 Å². The monoisotopic (exact) mass is 362 g/mol. The number of rotatable bonds is 5. The van der Waals surface area contributed by atoms with Crippen LogP contribution >= 0.6 is 11.8 Å². The van der Waals surface area contributed by atoms with Crippen LogP contribution in [-0.2, 0) is 20.9 Å². The Morgan fingerprint density at radius 2 is 2.20 bits per heavy atom. The van der Waals surface area contributed by atoms with Gasteiger partial charge in [0, 0.05) is 30.8 Å². The van der Waals surface area contributed by atoms with Crippen molar-refractivity contribution in [2.75, 3.05) is 37.8 Å². The minimum absolute atomic E-state index is 0.159. The van der Waals surface area contributed by atoms with Gasteiger partial charge in [0.1, 0.15) is 5.60 Å². The lowest BCUT2D eigenvalue weighted by Gasteiger charge is -2.51. The molecule has 136 valence electrons. The first-order valence-electron chi connectivity index (χ1n) is 9.24. The maximum atomic E-state index is 12.6. The molecule has 3 saturated heterocycles. The fourth-order valence-corrected chi connectivity index (χ4v) is 5.24. The van der Waals surface area contributed by atoms with Crippen molar-refractivity contribution < 1.29 is 14.3 Å². The molecule has 4 rings (SSSR count). The molecule has 1 amide bonds. The Kier molecular flexibility index (Phi) is 5.29. The van der Waals surface area contributed by atoms with Gasteiger partial charge in [-0.25, -0.2) is 0 Å². The third-order valence-corrected chi connectivity index (χ3v) is 6.76. The van der Waals surface area contributed by atoms with Crippen molar-refractivity contribution in [3.8, 4) is 0 Å². The van der Waals surface area contributed by atoms with Crippen molar-refractivity contribution in [3.05, 3.63) is 30.1 Å². The maximum Gasteiger partial charge on any atom is 0.225 e. The van der Waals surface area contributed by atoms with E-state index in [0.29, 0.717) is 25.0 Å². The molecule has 0 N–H and O–H groups in total. The van der Waals surface area contributed by atoms with Gasteiger partial charge in [-0.15, -0.1) is 0 Å². The molecule has 6 heteroatoms. The van der Waals surface area contributed by atoms with Crippen LogP contribution in [0.3, 0.4) is 0 Å². The molecular weight excluding hydrogens is 336 g/mol. The Bertz CT molecular complexity index is 586. The van der Waals surface area contributed by atoms with Crippen molar-refractivity contribution in [3.63, 3.8) is 0 Å². The number of aromatic nitrogens is 1. The Labute approximate surface area is 153 Å². The van der Waals surface area contributed by atoms with Crippen LogP contribution in [0.4, 0.5) is 0 Å². The highest BCUT2D eigenvalue weighted by Gasteiger charge is 2.55. The van der Waals surface area contributed by atoms with Gasteiger partial charge in [0.15, 0.2) is 0 Å². The van der Waals surface area contributed by atoms with E-state index in [2.05, 4.69) is 4.98 Å². The van der Waals surface area contributed by atoms with Gasteiger partial charge < -0.3 is 14.4 Å². The molecule has 3 aliphatic heterocycles. The fourth-order valence-electron chi connectivity index (χ4n) is 4.13. The molecule has 25 heavy (non-hydrogen) atoms. The van der Waals surface area contributed by atoms with Crippen LogP contribution < -0.4 is 0 Å². The van der Waals surface area contributed by atoms with Crippen LogP contribution in [0.5, 0.6) is 0 Å². The minimum Gasteiger partial charge on any atom is -0.376 e. The average molecular weight is 362 g/mol. The van der Waals surface area contributed by atoms with Crippen molar-refractivity contribution >= 4 is 17.7 Å². The molecule has 1 aromatic rings. The van der Waals surface area contributed by atoms with Crippen LogP contribution in [0, 0.1) is 11.8 Å². The normalized spacial score (nSPS) is 25.9. The molecule has 0 unspecified atom stereocenters. The Balaban J connectivity index is 1.26. The van der Waals surface area contributed by atoms with E-state index in [1.165, 1.54) is 0 Å². The molecule has 3 aliphatic rings. The molecule has 4 heterocycles. The molecule has 0 saturated carbocycles. The predicted octanol–water partition coefficient (Wildman–Crippen LogP) is 2.36. The van der Waals surface area contributed by atoms with Crippen molar-refractivity contribution in [1.29, 1.82) is 0 Å². The van der Waals surface area contributed by atoms with Gasteiger partial charge in [0.05, 0.1) is 26.3 Å². The van der Waals surface area contributed by atoms with Crippen LogP contribution in [0.1, 0.15) is 24.8 Å². The van der Waals surface area contributed by atoms with Gasteiger partial charge in [0.2, 0.25) is 5.91 Å². The summed E-state index contributed by atoms with van der Waals surface area (Å²) < 4.78 is 12.0. The van der Waals surface area contributed by atoms with Crippen LogP contribution in [0.25, 0.3) is 0 Å². The average Bonchev–Trinajstić information content (AvgIpc) is 3.05. The maximum absolute atomic E-state index is 12.6. The smallest absolute Gasteiger partial charge is 0.225 e. The topological polar surface area (TPSA) is 51.7 Å². The third-order valence-electron chi connectivity index (χ3n) is 5.71. The number of ether oxygens (including phenoxy) is 2. The number of carbonyl (C=O) groups is 1. The first kappa shape index (κ1) is 17.3. The SMILES string of the molecule is O=C(C1CCSCC1)N1CC2(C1)OCC[C@H]2COCc1cccnc1. The molecular formula is C19H26N2O3S. The summed E-state index contributed by atoms with van der Waals surface area (Å²) in [4.78, 5) is 18.8. The zero-order chi connectivity index (χ0) is 17.1. The molecule has 0 bridgehead atoms. The number of hydrogen-bond donors (Lipinski definition) is 0. The standard InChI is InChI=1S/C19H26N2O3S/c22-18(16-4-8-25-9-5-16)21-13-19(14-21)17(3-7-24-19)12-23-11-15-2-1-6-20-10-15/h1-2,6,10,16-17H,3-5,7-9,11-14H2/t17-/m0/s1. The molecule has 1 spiro atoms. The number of thioether (sulfide) groups is 1. The lowest BCUT2D eigenvalue weighted by Crippen LogP contribution is -2.67. The van der Waals surface area contributed by atoms with Gasteiger partial charge in [-0.1, -0.05) is 6.07 Å². The van der Waals surface area contributed by atoms with E-state index in [9.17, 15) is 4.79 Å². The van der Waals surface area contributed by atoms with Gasteiger partial charge in [-0.3, -0.25) is 9.78 Å². The van der Waals surface area contributed by atoms with Gasteiger partial charge in [-0.2, -0.15) is 11.8 Å². The highest BCUT2D eigenvalue weighted by molar-refractivity contribution is 7.99. The molecule has 5 nitrogen and oxygen atoms in total. The van der Waals surface area contributed by atoms with E-state index in [1.54, 1.807) is 6.20 Å². The largest absolute Gasteiger partial charge is 0.376 e. The predicted molar refractivity (Wildman–Crippen MR) is 97.3 cm³/mol. The van der Waals surface area contributed by atoms with Gasteiger partial charge in [-0.05, 0) is 42.4 Å². The van der Waals surface area contributed by atoms with Gasteiger partial charge in [0.25, 0.3) is 0 Å². The number of pyridine rings is 1. The van der Waals surface area contributed by atoms with E-state index in [0.717, 1.165) is 56.0 Å². The summed E-state index contributed by atoms with van der Waals surface area (Å²) in [6.07, 6.45) is 6.70. The lowest BCUT2D eigenvalue weighted by atomic mass is 9.80. The fraction of sp³-hybridized carbons (Fsp3) is 0.684. The summed E-state index contributed by atoms with van der Waals surface area (Å²) in [7, 11) is 0. The van der Waals surface area contributed by atoms with E-state index in [4.69, 9.17) is 9.47 Å². The second-order valence-electron chi connectivity index (χ2n) is 7.36. The lowest BCUT2D eigenvalue weighted by molar-refractivity contribution is -0.172. The van der Waals surface area contributed by atoms with Crippen molar-refractivity contribution in [1.82, 2.24) is 9.88 Å². The van der Waals surface area contributed by atoms with E-state index >= 15 is 0 Å². The molecule has 0 aromatic carbocycles. The Morgan fingerprint density at radius 1 is 1.36 bits per heavy atom. The first-order valence-corrected chi connectivity index (χ1v) is 10.4. The summed E-state index contributed by atoms with van der Waals surface area (Å²) >= 11 is 1.96. The Hall–Kier alpha value is -1.11. The van der Waals surface area contributed by atoms with E-state index < -0.39 is 0 Å². The number of nitrogens with zero attached hydrogens (tertiary/aromatic N) is 2. The van der Waals surface area contributed by atoms with Crippen molar-refractivity contribution in [2.45, 2.75) is 31.5 Å². The number of hydrogen-bond acceptors (Lipinski definition) is 5. The van der Waals surface area contributed by atoms with Crippen LogP contribution in [0.2, 0.25) is 0 Å². The molecule has 1 aromatic heterocycles. The summed E-state index contributed by atoms with van der Waals surface area (Å²) in [5, 5.41) is 0. The highest BCUT2D eigenvalue weighted by atomic mass is 32.2. The third kappa shape index (κ3) is 3.71. The molecule has 0 aliphatic carbocycles. The molecule has 0 radical (unpaired) electrons. The van der Waals surface area contributed by atoms with E-state index in [1.807, 2.05) is 35.0 Å². The van der Waals surface area contributed by atoms with Crippen LogP contribution in [-0.4, -0.2) is 59.2 Å². The van der Waals surface area contributed by atoms with Crippen molar-refractivity contribution in [2.24, 2.45) is 11.8 Å². The summed E-state index contributed by atoms with van der Waals surface area (Å²) in [6.45, 7) is 3.55. The highest BCUT2D eigenvalue weighted by Crippen LogP contribution is 2.41. The number of amides is 1. The molecule has 1 atom stereocenters. The molecule has 3 fully saturated rings. The second-order valence-corrected chi connectivity index (χ2v) is 8.58. The Morgan fingerprint density at radius 3 is 2.96 bits per heavy atom.